The highest BCUT2D eigenvalue weighted by Crippen LogP contribution is 2.20. The first-order valence-electron chi connectivity index (χ1n) is 8.43. The lowest BCUT2D eigenvalue weighted by Crippen LogP contribution is -2.46. The van der Waals surface area contributed by atoms with Crippen LogP contribution in [0.3, 0.4) is 0 Å². The number of amides is 2. The fourth-order valence-corrected chi connectivity index (χ4v) is 3.52. The van der Waals surface area contributed by atoms with Gasteiger partial charge in [0, 0.05) is 43.2 Å². The molecule has 3 rings (SSSR count). The van der Waals surface area contributed by atoms with E-state index in [4.69, 9.17) is 0 Å². The molecule has 1 aliphatic heterocycles. The predicted molar refractivity (Wildman–Crippen MR) is 98.8 cm³/mol. The van der Waals surface area contributed by atoms with Gasteiger partial charge >= 0.3 is 6.03 Å². The summed E-state index contributed by atoms with van der Waals surface area (Å²) in [7, 11) is 0. The van der Waals surface area contributed by atoms with Crippen molar-refractivity contribution in [2.45, 2.75) is 32.7 Å². The minimum absolute atomic E-state index is 0.00118. The van der Waals surface area contributed by atoms with Gasteiger partial charge in [-0.05, 0) is 38.0 Å². The number of benzene rings is 1. The Hall–Kier alpha value is -1.92. The summed E-state index contributed by atoms with van der Waals surface area (Å²) < 4.78 is 0. The van der Waals surface area contributed by atoms with Gasteiger partial charge in [0.05, 0.1) is 10.7 Å². The number of aryl methyl sites for hydroxylation is 1. The molecule has 1 aromatic carbocycles. The molecule has 2 heterocycles. The molecule has 6 heteroatoms. The molecular formula is C18H24N4OS. The van der Waals surface area contributed by atoms with Gasteiger partial charge < -0.3 is 10.6 Å². The monoisotopic (exact) mass is 344 g/mol. The van der Waals surface area contributed by atoms with E-state index >= 15 is 0 Å². The third kappa shape index (κ3) is 4.13. The lowest BCUT2D eigenvalue weighted by Gasteiger charge is -2.27. The molecule has 128 valence electrons. The lowest BCUT2D eigenvalue weighted by atomic mass is 10.1. The molecule has 0 aliphatic carbocycles. The Labute approximate surface area is 147 Å². The van der Waals surface area contributed by atoms with Crippen LogP contribution in [0.1, 0.15) is 35.7 Å². The standard InChI is InChI=1S/C18H24N4OS/c1-13(19-10-8-16-12-24-14(2)21-16)15-4-6-17(7-5-15)22-11-3-9-20-18(22)23/h4-7,12-13,19H,3,8-11H2,1-2H3,(H,20,23). The van der Waals surface area contributed by atoms with Crippen LogP contribution in [0.4, 0.5) is 10.5 Å². The maximum Gasteiger partial charge on any atom is 0.321 e. The Kier molecular flexibility index (Phi) is 5.48. The van der Waals surface area contributed by atoms with Crippen LogP contribution in [0, 0.1) is 6.92 Å². The number of nitrogens with zero attached hydrogens (tertiary/aromatic N) is 2. The van der Waals surface area contributed by atoms with Gasteiger partial charge in [0.25, 0.3) is 0 Å². The second kappa shape index (κ2) is 7.77. The Morgan fingerprint density at radius 2 is 2.17 bits per heavy atom. The van der Waals surface area contributed by atoms with Crippen LogP contribution in [0.15, 0.2) is 29.6 Å². The molecule has 1 unspecified atom stereocenters. The van der Waals surface area contributed by atoms with Crippen LogP contribution >= 0.6 is 11.3 Å². The number of nitrogens with one attached hydrogen (secondary N) is 2. The lowest BCUT2D eigenvalue weighted by molar-refractivity contribution is 0.243. The highest BCUT2D eigenvalue weighted by atomic mass is 32.1. The van der Waals surface area contributed by atoms with Crippen molar-refractivity contribution < 1.29 is 4.79 Å². The molecule has 24 heavy (non-hydrogen) atoms. The molecule has 2 N–H and O–H groups in total. The van der Waals surface area contributed by atoms with Crippen molar-refractivity contribution >= 4 is 23.1 Å². The molecule has 2 amide bonds. The summed E-state index contributed by atoms with van der Waals surface area (Å²) in [6.45, 7) is 6.66. The van der Waals surface area contributed by atoms with E-state index < -0.39 is 0 Å². The van der Waals surface area contributed by atoms with Crippen LogP contribution in [0.25, 0.3) is 0 Å². The van der Waals surface area contributed by atoms with E-state index in [1.165, 1.54) is 5.56 Å². The molecule has 1 aromatic heterocycles. The van der Waals surface area contributed by atoms with E-state index in [1.54, 1.807) is 16.2 Å². The summed E-state index contributed by atoms with van der Waals surface area (Å²) in [5, 5.41) is 9.66. The number of aromatic nitrogens is 1. The Bertz CT molecular complexity index is 683. The summed E-state index contributed by atoms with van der Waals surface area (Å²) in [6, 6.07) is 8.53. The van der Waals surface area contributed by atoms with Crippen molar-refractivity contribution in [3.63, 3.8) is 0 Å². The van der Waals surface area contributed by atoms with Crippen molar-refractivity contribution in [1.29, 1.82) is 0 Å². The van der Waals surface area contributed by atoms with E-state index in [0.717, 1.165) is 48.9 Å². The maximum atomic E-state index is 11.9. The van der Waals surface area contributed by atoms with Crippen molar-refractivity contribution in [1.82, 2.24) is 15.6 Å². The average Bonchev–Trinajstić information content (AvgIpc) is 3.01. The fourth-order valence-electron chi connectivity index (χ4n) is 2.88. The molecule has 0 saturated carbocycles. The van der Waals surface area contributed by atoms with Crippen molar-refractivity contribution in [3.8, 4) is 0 Å². The molecule has 2 aromatic rings. The van der Waals surface area contributed by atoms with Crippen molar-refractivity contribution in [2.75, 3.05) is 24.5 Å². The van der Waals surface area contributed by atoms with Crippen LogP contribution < -0.4 is 15.5 Å². The normalized spacial score (nSPS) is 16.1. The molecule has 1 saturated heterocycles. The SMILES string of the molecule is Cc1nc(CCNC(C)c2ccc(N3CCCNC3=O)cc2)cs1. The van der Waals surface area contributed by atoms with Crippen LogP contribution in [0.5, 0.6) is 0 Å². The summed E-state index contributed by atoms with van der Waals surface area (Å²) in [6.07, 6.45) is 1.93. The first-order valence-corrected chi connectivity index (χ1v) is 9.31. The third-order valence-electron chi connectivity index (χ3n) is 4.28. The average molecular weight is 344 g/mol. The number of carbonyl (C=O) groups is 1. The van der Waals surface area contributed by atoms with Gasteiger partial charge in [0.2, 0.25) is 0 Å². The molecular weight excluding hydrogens is 320 g/mol. The topological polar surface area (TPSA) is 57.3 Å². The second-order valence-electron chi connectivity index (χ2n) is 6.11. The molecule has 1 fully saturated rings. The summed E-state index contributed by atoms with van der Waals surface area (Å²) >= 11 is 1.70. The fraction of sp³-hybridized carbons (Fsp3) is 0.444. The molecule has 1 aliphatic rings. The van der Waals surface area contributed by atoms with Gasteiger partial charge in [0.15, 0.2) is 0 Å². The molecule has 0 radical (unpaired) electrons. The zero-order chi connectivity index (χ0) is 16.9. The number of urea groups is 1. The number of rotatable bonds is 6. The zero-order valence-electron chi connectivity index (χ0n) is 14.2. The number of carbonyl (C=O) groups excluding carboxylic acids is 1. The van der Waals surface area contributed by atoms with Gasteiger partial charge in [-0.25, -0.2) is 9.78 Å². The van der Waals surface area contributed by atoms with E-state index in [1.807, 2.05) is 19.1 Å². The van der Waals surface area contributed by atoms with E-state index in [0.29, 0.717) is 0 Å². The van der Waals surface area contributed by atoms with Gasteiger partial charge in [0.1, 0.15) is 0 Å². The molecule has 0 bridgehead atoms. The maximum absolute atomic E-state index is 11.9. The first-order chi connectivity index (χ1) is 11.6. The summed E-state index contributed by atoms with van der Waals surface area (Å²) in [5.74, 6) is 0. The van der Waals surface area contributed by atoms with Crippen LogP contribution in [-0.2, 0) is 6.42 Å². The zero-order valence-corrected chi connectivity index (χ0v) is 15.0. The number of thiazole rings is 1. The van der Waals surface area contributed by atoms with Gasteiger partial charge in [-0.1, -0.05) is 12.1 Å². The highest BCUT2D eigenvalue weighted by Gasteiger charge is 2.19. The van der Waals surface area contributed by atoms with Gasteiger partial charge in [-0.2, -0.15) is 0 Å². The van der Waals surface area contributed by atoms with Crippen molar-refractivity contribution in [2.24, 2.45) is 0 Å². The van der Waals surface area contributed by atoms with E-state index in [-0.39, 0.29) is 12.1 Å². The quantitative estimate of drug-likeness (QED) is 0.846. The molecule has 1 atom stereocenters. The largest absolute Gasteiger partial charge is 0.338 e. The number of hydrogen-bond acceptors (Lipinski definition) is 4. The van der Waals surface area contributed by atoms with E-state index in [9.17, 15) is 4.79 Å². The smallest absolute Gasteiger partial charge is 0.321 e. The Morgan fingerprint density at radius 3 is 2.83 bits per heavy atom. The van der Waals surface area contributed by atoms with E-state index in [2.05, 4.69) is 40.1 Å². The highest BCUT2D eigenvalue weighted by molar-refractivity contribution is 7.09. The van der Waals surface area contributed by atoms with Gasteiger partial charge in [-0.3, -0.25) is 4.90 Å². The Morgan fingerprint density at radius 1 is 1.38 bits per heavy atom. The molecule has 0 spiro atoms. The minimum Gasteiger partial charge on any atom is -0.338 e. The van der Waals surface area contributed by atoms with Gasteiger partial charge in [-0.15, -0.1) is 11.3 Å². The summed E-state index contributed by atoms with van der Waals surface area (Å²) in [4.78, 5) is 18.2. The number of anilines is 1. The van der Waals surface area contributed by atoms with Crippen LogP contribution in [-0.4, -0.2) is 30.6 Å². The predicted octanol–water partition coefficient (Wildman–Crippen LogP) is 3.26. The van der Waals surface area contributed by atoms with Crippen molar-refractivity contribution in [3.05, 3.63) is 45.9 Å². The number of hydrogen-bond donors (Lipinski definition) is 2. The molecule has 5 nitrogen and oxygen atoms in total. The second-order valence-corrected chi connectivity index (χ2v) is 7.17. The Balaban J connectivity index is 1.53. The first kappa shape index (κ1) is 16.9. The van der Waals surface area contributed by atoms with Crippen LogP contribution in [0.2, 0.25) is 0 Å². The summed E-state index contributed by atoms with van der Waals surface area (Å²) in [5.41, 5.74) is 3.34. The third-order valence-corrected chi connectivity index (χ3v) is 5.11. The minimum atomic E-state index is -0.00118.